The quantitative estimate of drug-likeness (QED) is 0.702. The molecule has 4 nitrogen and oxygen atoms in total. The average Bonchev–Trinajstić information content (AvgIpc) is 2.56. The number of rotatable bonds is 1. The standard InChI is InChI=1S/C5H7NO2.C2H6O.C2H6/c1-4-2-5(3-7)6-8-4;1-2-3;1-2/h2,7H,3H2,1H3;3H,2H2,1H3;1-2H3. The topological polar surface area (TPSA) is 66.5 Å². The van der Waals surface area contributed by atoms with Crippen LogP contribution in [0.2, 0.25) is 0 Å². The lowest BCUT2D eigenvalue weighted by Gasteiger charge is -1.75. The number of hydrogen-bond acceptors (Lipinski definition) is 4. The Morgan fingerprint density at radius 1 is 1.38 bits per heavy atom. The Hall–Kier alpha value is -0.870. The third-order valence-electron chi connectivity index (χ3n) is 0.839. The summed E-state index contributed by atoms with van der Waals surface area (Å²) in [5.74, 6) is 0.731. The first-order valence-corrected chi connectivity index (χ1v) is 4.38. The zero-order valence-electron chi connectivity index (χ0n) is 8.74. The van der Waals surface area contributed by atoms with Crippen LogP contribution in [0.15, 0.2) is 10.6 Å². The van der Waals surface area contributed by atoms with E-state index in [9.17, 15) is 0 Å². The molecule has 1 aromatic heterocycles. The van der Waals surface area contributed by atoms with Crippen LogP contribution in [0.4, 0.5) is 0 Å². The van der Waals surface area contributed by atoms with Crippen LogP contribution in [0.1, 0.15) is 32.2 Å². The third-order valence-corrected chi connectivity index (χ3v) is 0.839. The Morgan fingerprint density at radius 3 is 2.00 bits per heavy atom. The molecule has 13 heavy (non-hydrogen) atoms. The molecule has 0 unspecified atom stereocenters. The predicted molar refractivity (Wildman–Crippen MR) is 51.3 cm³/mol. The second-order valence-corrected chi connectivity index (χ2v) is 1.90. The van der Waals surface area contributed by atoms with E-state index in [1.807, 2.05) is 13.8 Å². The Morgan fingerprint density at radius 2 is 1.85 bits per heavy atom. The highest BCUT2D eigenvalue weighted by Crippen LogP contribution is 1.99. The molecule has 0 radical (unpaired) electrons. The number of nitrogens with zero attached hydrogens (tertiary/aromatic N) is 1. The summed E-state index contributed by atoms with van der Waals surface area (Å²) in [7, 11) is 0. The van der Waals surface area contributed by atoms with E-state index in [2.05, 4.69) is 9.68 Å². The van der Waals surface area contributed by atoms with Crippen molar-refractivity contribution in [2.24, 2.45) is 0 Å². The molecule has 0 fully saturated rings. The van der Waals surface area contributed by atoms with Crippen molar-refractivity contribution in [3.8, 4) is 0 Å². The SMILES string of the molecule is CC.CCO.Cc1cc(CO)no1. The molecule has 78 valence electrons. The number of aromatic nitrogens is 1. The third kappa shape index (κ3) is 9.04. The van der Waals surface area contributed by atoms with Gasteiger partial charge in [0.15, 0.2) is 0 Å². The van der Waals surface area contributed by atoms with Crippen molar-refractivity contribution in [3.05, 3.63) is 17.5 Å². The molecule has 0 saturated carbocycles. The van der Waals surface area contributed by atoms with Crippen molar-refractivity contribution < 1.29 is 14.7 Å². The van der Waals surface area contributed by atoms with E-state index in [1.54, 1.807) is 19.9 Å². The molecule has 1 aromatic rings. The van der Waals surface area contributed by atoms with Gasteiger partial charge in [-0.25, -0.2) is 0 Å². The Kier molecular flexibility index (Phi) is 12.5. The van der Waals surface area contributed by atoms with E-state index in [4.69, 9.17) is 10.2 Å². The van der Waals surface area contributed by atoms with E-state index in [1.165, 1.54) is 0 Å². The van der Waals surface area contributed by atoms with Crippen molar-refractivity contribution in [2.45, 2.75) is 34.3 Å². The summed E-state index contributed by atoms with van der Waals surface area (Å²) < 4.78 is 4.65. The summed E-state index contributed by atoms with van der Waals surface area (Å²) >= 11 is 0. The zero-order valence-corrected chi connectivity index (χ0v) is 8.74. The smallest absolute Gasteiger partial charge is 0.134 e. The fourth-order valence-electron chi connectivity index (χ4n) is 0.492. The monoisotopic (exact) mass is 189 g/mol. The van der Waals surface area contributed by atoms with Crippen LogP contribution in [0, 0.1) is 6.92 Å². The minimum Gasteiger partial charge on any atom is -0.397 e. The molecule has 0 aliphatic carbocycles. The van der Waals surface area contributed by atoms with Gasteiger partial charge in [0.05, 0.1) is 6.61 Å². The largest absolute Gasteiger partial charge is 0.397 e. The molecule has 0 aliphatic rings. The summed E-state index contributed by atoms with van der Waals surface area (Å²) in [4.78, 5) is 0. The molecular weight excluding hydrogens is 170 g/mol. The van der Waals surface area contributed by atoms with Crippen molar-refractivity contribution in [1.82, 2.24) is 5.16 Å². The van der Waals surface area contributed by atoms with Gasteiger partial charge in [-0.05, 0) is 13.8 Å². The summed E-state index contributed by atoms with van der Waals surface area (Å²) in [6, 6.07) is 1.69. The van der Waals surface area contributed by atoms with Crippen molar-refractivity contribution in [2.75, 3.05) is 6.61 Å². The van der Waals surface area contributed by atoms with E-state index in [-0.39, 0.29) is 13.2 Å². The van der Waals surface area contributed by atoms with Crippen LogP contribution in [0.25, 0.3) is 0 Å². The fourth-order valence-corrected chi connectivity index (χ4v) is 0.492. The van der Waals surface area contributed by atoms with E-state index < -0.39 is 0 Å². The highest BCUT2D eigenvalue weighted by atomic mass is 16.5. The molecule has 0 bridgehead atoms. The Labute approximate surface area is 79.2 Å². The van der Waals surface area contributed by atoms with Gasteiger partial charge in [0.2, 0.25) is 0 Å². The van der Waals surface area contributed by atoms with E-state index in [0.717, 1.165) is 5.76 Å². The molecule has 0 spiro atoms. The molecule has 1 rings (SSSR count). The Balaban J connectivity index is 0. The molecule has 0 aromatic carbocycles. The van der Waals surface area contributed by atoms with Gasteiger partial charge in [-0.15, -0.1) is 0 Å². The summed E-state index contributed by atoms with van der Waals surface area (Å²) in [5, 5.41) is 19.5. The maximum Gasteiger partial charge on any atom is 0.134 e. The number of aliphatic hydroxyl groups is 2. The van der Waals surface area contributed by atoms with Crippen molar-refractivity contribution in [3.63, 3.8) is 0 Å². The molecule has 0 aliphatic heterocycles. The van der Waals surface area contributed by atoms with Gasteiger partial charge in [-0.3, -0.25) is 0 Å². The first kappa shape index (κ1) is 14.6. The highest BCUT2D eigenvalue weighted by Gasteiger charge is 1.94. The van der Waals surface area contributed by atoms with Crippen LogP contribution in [-0.2, 0) is 6.61 Å². The minimum absolute atomic E-state index is 0.0443. The molecule has 2 N–H and O–H groups in total. The normalized spacial score (nSPS) is 7.85. The van der Waals surface area contributed by atoms with Gasteiger partial charge in [0.1, 0.15) is 11.5 Å². The predicted octanol–water partition coefficient (Wildman–Crippen LogP) is 1.50. The van der Waals surface area contributed by atoms with Gasteiger partial charge in [-0.1, -0.05) is 19.0 Å². The van der Waals surface area contributed by atoms with Gasteiger partial charge >= 0.3 is 0 Å². The lowest BCUT2D eigenvalue weighted by molar-refractivity contribution is 0.265. The van der Waals surface area contributed by atoms with Gasteiger partial charge < -0.3 is 14.7 Å². The number of aliphatic hydroxyl groups excluding tert-OH is 2. The van der Waals surface area contributed by atoms with Gasteiger partial charge in [-0.2, -0.15) is 0 Å². The molecule has 1 heterocycles. The van der Waals surface area contributed by atoms with Crippen LogP contribution in [0.5, 0.6) is 0 Å². The number of aryl methyl sites for hydroxylation is 1. The zero-order chi connectivity index (χ0) is 10.7. The van der Waals surface area contributed by atoms with Crippen LogP contribution in [-0.4, -0.2) is 22.0 Å². The number of hydrogen-bond donors (Lipinski definition) is 2. The second-order valence-electron chi connectivity index (χ2n) is 1.90. The summed E-state index contributed by atoms with van der Waals surface area (Å²) in [6.07, 6.45) is 0. The summed E-state index contributed by atoms with van der Waals surface area (Å²) in [6.45, 7) is 7.67. The van der Waals surface area contributed by atoms with Crippen molar-refractivity contribution in [1.29, 1.82) is 0 Å². The first-order chi connectivity index (χ1) is 6.24. The van der Waals surface area contributed by atoms with Crippen LogP contribution < -0.4 is 0 Å². The fraction of sp³-hybridized carbons (Fsp3) is 0.667. The van der Waals surface area contributed by atoms with Gasteiger partial charge in [0, 0.05) is 12.7 Å². The molecule has 0 amide bonds. The van der Waals surface area contributed by atoms with Gasteiger partial charge in [0.25, 0.3) is 0 Å². The Bertz CT molecular complexity index is 187. The van der Waals surface area contributed by atoms with E-state index >= 15 is 0 Å². The molecule has 4 heteroatoms. The van der Waals surface area contributed by atoms with Crippen molar-refractivity contribution >= 4 is 0 Å². The lowest BCUT2D eigenvalue weighted by Crippen LogP contribution is -1.78. The van der Waals surface area contributed by atoms with E-state index in [0.29, 0.717) is 5.69 Å². The lowest BCUT2D eigenvalue weighted by atomic mass is 10.4. The highest BCUT2D eigenvalue weighted by molar-refractivity contribution is 5.01. The van der Waals surface area contributed by atoms with Crippen LogP contribution >= 0.6 is 0 Å². The first-order valence-electron chi connectivity index (χ1n) is 4.38. The molecular formula is C9H19NO3. The second kappa shape index (κ2) is 11.1. The maximum atomic E-state index is 8.43. The average molecular weight is 189 g/mol. The minimum atomic E-state index is -0.0443. The summed E-state index contributed by atoms with van der Waals surface area (Å²) in [5.41, 5.74) is 0.586. The van der Waals surface area contributed by atoms with Crippen LogP contribution in [0.3, 0.4) is 0 Å². The maximum absolute atomic E-state index is 8.43. The molecule has 0 saturated heterocycles. The molecule has 0 atom stereocenters.